The van der Waals surface area contributed by atoms with Gasteiger partial charge in [-0.25, -0.2) is 0 Å². The van der Waals surface area contributed by atoms with Crippen LogP contribution in [0.2, 0.25) is 0 Å². The van der Waals surface area contributed by atoms with Gasteiger partial charge in [-0.3, -0.25) is 9.59 Å². The van der Waals surface area contributed by atoms with Crippen LogP contribution in [0.5, 0.6) is 0 Å². The smallest absolute Gasteiger partial charge is 0.326 e. The molecule has 0 aromatic heterocycles. The molecule has 0 saturated carbocycles. The summed E-state index contributed by atoms with van der Waals surface area (Å²) in [5.74, 6) is -7.93. The number of amides is 1. The van der Waals surface area contributed by atoms with Gasteiger partial charge in [0, 0.05) is 6.54 Å². The summed E-state index contributed by atoms with van der Waals surface area (Å²) in [5.41, 5.74) is 0. The molecule has 98 valence electrons. The van der Waals surface area contributed by atoms with E-state index in [9.17, 15) is 31.5 Å². The summed E-state index contributed by atoms with van der Waals surface area (Å²) < 4.78 is 61.3. The number of nitrogens with zero attached hydrogens (tertiary/aromatic N) is 1. The monoisotopic (exact) mass is 279 g/mol. The lowest BCUT2D eigenvalue weighted by Gasteiger charge is -2.27. The minimum atomic E-state index is -5.98. The van der Waals surface area contributed by atoms with Gasteiger partial charge in [-0.1, -0.05) is 0 Å². The molecular formula is C8H7ClF5NO2. The second-order valence-corrected chi connectivity index (χ2v) is 3.91. The predicted molar refractivity (Wildman–Crippen MR) is 46.6 cm³/mol. The van der Waals surface area contributed by atoms with Crippen LogP contribution in [0.4, 0.5) is 22.0 Å². The van der Waals surface area contributed by atoms with Crippen molar-refractivity contribution in [3.63, 3.8) is 0 Å². The normalized spacial score (nSPS) is 21.8. The number of carbonyl (C=O) groups excluding carboxylic acids is 2. The number of hydrogen-bond acceptors (Lipinski definition) is 2. The van der Waals surface area contributed by atoms with Gasteiger partial charge in [0.2, 0.25) is 5.24 Å². The summed E-state index contributed by atoms with van der Waals surface area (Å²) in [6.07, 6.45) is -5.84. The van der Waals surface area contributed by atoms with Crippen LogP contribution in [0.1, 0.15) is 12.8 Å². The minimum absolute atomic E-state index is 0.0119. The Labute approximate surface area is 97.5 Å². The summed E-state index contributed by atoms with van der Waals surface area (Å²) in [6.45, 7) is -0.340. The molecule has 1 saturated heterocycles. The summed E-state index contributed by atoms with van der Waals surface area (Å²) >= 11 is 5.03. The SMILES string of the molecule is O=C(Cl)[C@@H]1CCCN1C(=O)C(F)(F)C(F)(F)F. The van der Waals surface area contributed by atoms with E-state index in [0.717, 1.165) is 0 Å². The Balaban J connectivity index is 2.94. The van der Waals surface area contributed by atoms with Gasteiger partial charge in [-0.2, -0.15) is 22.0 Å². The maximum atomic E-state index is 12.7. The van der Waals surface area contributed by atoms with Crippen molar-refractivity contribution in [2.45, 2.75) is 31.0 Å². The minimum Gasteiger partial charge on any atom is -0.326 e. The lowest BCUT2D eigenvalue weighted by atomic mass is 10.2. The van der Waals surface area contributed by atoms with E-state index in [0.29, 0.717) is 0 Å². The number of carbonyl (C=O) groups is 2. The Bertz CT molecular complexity index is 343. The highest BCUT2D eigenvalue weighted by molar-refractivity contribution is 6.64. The molecule has 0 unspecified atom stereocenters. The Morgan fingerprint density at radius 1 is 1.18 bits per heavy atom. The highest BCUT2D eigenvalue weighted by Crippen LogP contribution is 2.38. The molecular weight excluding hydrogens is 273 g/mol. The highest BCUT2D eigenvalue weighted by Gasteiger charge is 2.65. The number of halogens is 6. The average Bonchev–Trinajstić information content (AvgIpc) is 2.62. The maximum absolute atomic E-state index is 12.7. The molecule has 0 aromatic rings. The molecule has 0 bridgehead atoms. The Morgan fingerprint density at radius 2 is 1.71 bits per heavy atom. The third-order valence-corrected chi connectivity index (χ3v) is 2.65. The first-order valence-electron chi connectivity index (χ1n) is 4.54. The number of rotatable bonds is 2. The van der Waals surface area contributed by atoms with Crippen molar-refractivity contribution in [3.05, 3.63) is 0 Å². The quantitative estimate of drug-likeness (QED) is 0.572. The van der Waals surface area contributed by atoms with Crippen molar-refractivity contribution >= 4 is 22.8 Å². The van der Waals surface area contributed by atoms with E-state index in [-0.39, 0.29) is 24.3 Å². The molecule has 1 aliphatic rings. The largest absolute Gasteiger partial charge is 0.463 e. The first-order valence-corrected chi connectivity index (χ1v) is 4.92. The van der Waals surface area contributed by atoms with Gasteiger partial charge in [-0.05, 0) is 24.4 Å². The molecule has 0 aliphatic carbocycles. The third kappa shape index (κ3) is 2.51. The zero-order valence-corrected chi connectivity index (χ0v) is 8.99. The fourth-order valence-corrected chi connectivity index (χ4v) is 1.77. The molecule has 1 rings (SSSR count). The lowest BCUT2D eigenvalue weighted by molar-refractivity contribution is -0.274. The standard InChI is InChI=1S/C8H7ClF5NO2/c9-5(16)4-2-1-3-15(4)6(17)7(10,11)8(12,13)14/h4H,1-3H2/t4-/m0/s1. The highest BCUT2D eigenvalue weighted by atomic mass is 35.5. The van der Waals surface area contributed by atoms with Gasteiger partial charge in [0.05, 0.1) is 0 Å². The second-order valence-electron chi connectivity index (χ2n) is 3.53. The Morgan fingerprint density at radius 3 is 2.12 bits per heavy atom. The van der Waals surface area contributed by atoms with Crippen molar-refractivity contribution in [1.29, 1.82) is 0 Å². The third-order valence-electron chi connectivity index (χ3n) is 2.40. The molecule has 0 aromatic carbocycles. The molecule has 1 fully saturated rings. The molecule has 0 spiro atoms. The van der Waals surface area contributed by atoms with Crippen molar-refractivity contribution in [3.8, 4) is 0 Å². The van der Waals surface area contributed by atoms with Gasteiger partial charge in [0.25, 0.3) is 0 Å². The van der Waals surface area contributed by atoms with Gasteiger partial charge < -0.3 is 4.90 Å². The lowest BCUT2D eigenvalue weighted by Crippen LogP contribution is -2.54. The number of alkyl halides is 5. The molecule has 3 nitrogen and oxygen atoms in total. The molecule has 9 heteroatoms. The van der Waals surface area contributed by atoms with E-state index in [1.54, 1.807) is 0 Å². The van der Waals surface area contributed by atoms with Crippen LogP contribution in [0, 0.1) is 0 Å². The fourth-order valence-electron chi connectivity index (χ4n) is 1.55. The van der Waals surface area contributed by atoms with E-state index in [4.69, 9.17) is 11.6 Å². The van der Waals surface area contributed by atoms with Gasteiger partial charge in [-0.15, -0.1) is 0 Å². The Hall–Kier alpha value is -0.920. The van der Waals surface area contributed by atoms with Gasteiger partial charge in [0.15, 0.2) is 0 Å². The van der Waals surface area contributed by atoms with Crippen molar-refractivity contribution in [2.24, 2.45) is 0 Å². The van der Waals surface area contributed by atoms with Crippen molar-refractivity contribution in [2.75, 3.05) is 6.54 Å². The van der Waals surface area contributed by atoms with E-state index in [1.165, 1.54) is 0 Å². The zero-order chi connectivity index (χ0) is 13.4. The van der Waals surface area contributed by atoms with E-state index >= 15 is 0 Å². The maximum Gasteiger partial charge on any atom is 0.463 e. The molecule has 1 aliphatic heterocycles. The molecule has 1 heterocycles. The van der Waals surface area contributed by atoms with Crippen LogP contribution < -0.4 is 0 Å². The molecule has 0 N–H and O–H groups in total. The van der Waals surface area contributed by atoms with Crippen molar-refractivity contribution in [1.82, 2.24) is 4.90 Å². The molecule has 17 heavy (non-hydrogen) atoms. The van der Waals surface area contributed by atoms with Crippen LogP contribution in [0.15, 0.2) is 0 Å². The number of likely N-dealkylation sites (tertiary alicyclic amines) is 1. The van der Waals surface area contributed by atoms with E-state index < -0.39 is 29.3 Å². The molecule has 1 atom stereocenters. The van der Waals surface area contributed by atoms with Gasteiger partial charge >= 0.3 is 18.0 Å². The van der Waals surface area contributed by atoms with Crippen LogP contribution in [0.25, 0.3) is 0 Å². The summed E-state index contributed by atoms with van der Waals surface area (Å²) in [5, 5.41) is -1.12. The predicted octanol–water partition coefficient (Wildman–Crippen LogP) is 1.94. The first-order chi connectivity index (χ1) is 7.59. The molecule has 0 radical (unpaired) electrons. The summed E-state index contributed by atoms with van der Waals surface area (Å²) in [7, 11) is 0. The van der Waals surface area contributed by atoms with Crippen LogP contribution in [-0.4, -0.2) is 40.7 Å². The average molecular weight is 280 g/mol. The Kier molecular flexibility index (Phi) is 3.66. The van der Waals surface area contributed by atoms with Crippen LogP contribution in [0.3, 0.4) is 0 Å². The van der Waals surface area contributed by atoms with E-state index in [1.807, 2.05) is 0 Å². The van der Waals surface area contributed by atoms with E-state index in [2.05, 4.69) is 0 Å². The van der Waals surface area contributed by atoms with Crippen LogP contribution in [-0.2, 0) is 9.59 Å². The second kappa shape index (κ2) is 4.40. The van der Waals surface area contributed by atoms with Gasteiger partial charge in [0.1, 0.15) is 6.04 Å². The van der Waals surface area contributed by atoms with Crippen molar-refractivity contribution < 1.29 is 31.5 Å². The first kappa shape index (κ1) is 14.1. The topological polar surface area (TPSA) is 37.4 Å². The zero-order valence-electron chi connectivity index (χ0n) is 8.23. The number of hydrogen-bond donors (Lipinski definition) is 0. The summed E-state index contributed by atoms with van der Waals surface area (Å²) in [4.78, 5) is 22.0. The van der Waals surface area contributed by atoms with Crippen LogP contribution >= 0.6 is 11.6 Å². The fraction of sp³-hybridized carbons (Fsp3) is 0.750. The summed E-state index contributed by atoms with van der Waals surface area (Å²) in [6, 6.07) is -1.41. The molecule has 1 amide bonds.